The normalized spacial score (nSPS) is 12.4. The van der Waals surface area contributed by atoms with Gasteiger partial charge in [-0.3, -0.25) is 14.9 Å². The number of ether oxygens (including phenoxy) is 1. The van der Waals surface area contributed by atoms with Crippen molar-refractivity contribution < 1.29 is 23.7 Å². The number of carbonyl (C=O) groups excluding carboxylic acids is 2. The summed E-state index contributed by atoms with van der Waals surface area (Å²) in [7, 11) is 0. The minimum absolute atomic E-state index is 0.0942. The van der Waals surface area contributed by atoms with E-state index in [9.17, 15) is 19.7 Å². The molecule has 2 rings (SSSR count). The zero-order valence-electron chi connectivity index (χ0n) is 16.2. The van der Waals surface area contributed by atoms with Crippen molar-refractivity contribution in [3.63, 3.8) is 0 Å². The lowest BCUT2D eigenvalue weighted by atomic mass is 10.1. The van der Waals surface area contributed by atoms with Crippen LogP contribution in [0, 0.1) is 10.1 Å². The predicted octanol–water partition coefficient (Wildman–Crippen LogP) is 2.77. The number of hydrogen-bond acceptors (Lipinski definition) is 7. The summed E-state index contributed by atoms with van der Waals surface area (Å²) in [6.07, 6.45) is 0.602. The van der Waals surface area contributed by atoms with E-state index in [2.05, 4.69) is 15.8 Å². The van der Waals surface area contributed by atoms with Crippen LogP contribution in [-0.4, -0.2) is 34.8 Å². The molecule has 0 aliphatic carbocycles. The van der Waals surface area contributed by atoms with Crippen LogP contribution in [0.1, 0.15) is 32.1 Å². The van der Waals surface area contributed by atoms with Gasteiger partial charge in [0.2, 0.25) is 0 Å². The second kappa shape index (κ2) is 9.49. The summed E-state index contributed by atoms with van der Waals surface area (Å²) in [6, 6.07) is 10.7. The molecule has 0 saturated carbocycles. The van der Waals surface area contributed by atoms with Crippen molar-refractivity contribution in [3.8, 4) is 0 Å². The molecule has 0 fully saturated rings. The summed E-state index contributed by atoms with van der Waals surface area (Å²) in [6.45, 7) is 5.14. The molecule has 0 unspecified atom stereocenters. The number of carbonyl (C=O) groups is 2. The zero-order valence-corrected chi connectivity index (χ0v) is 16.2. The fourth-order valence-corrected chi connectivity index (χ4v) is 2.26. The smallest absolute Gasteiger partial charge is 0.433 e. The van der Waals surface area contributed by atoms with Gasteiger partial charge in [-0.25, -0.2) is 10.2 Å². The molecule has 2 N–H and O–H groups in total. The van der Waals surface area contributed by atoms with Crippen LogP contribution >= 0.6 is 0 Å². The Bertz CT molecular complexity index is 886. The van der Waals surface area contributed by atoms with Gasteiger partial charge >= 0.3 is 12.0 Å². The van der Waals surface area contributed by atoms with E-state index in [4.69, 9.17) is 9.15 Å². The maximum atomic E-state index is 12.5. The van der Waals surface area contributed by atoms with Crippen LogP contribution in [0.15, 0.2) is 52.0 Å². The minimum atomic E-state index is -0.949. The highest BCUT2D eigenvalue weighted by Gasteiger charge is 2.24. The topological polar surface area (TPSA) is 136 Å². The molecule has 0 bridgehead atoms. The molecule has 2 aromatic rings. The molecule has 1 aromatic heterocycles. The van der Waals surface area contributed by atoms with E-state index < -0.39 is 34.5 Å². The molecule has 2 amide bonds. The van der Waals surface area contributed by atoms with E-state index in [0.29, 0.717) is 0 Å². The Morgan fingerprint density at radius 1 is 1.24 bits per heavy atom. The average molecular weight is 402 g/mol. The number of benzene rings is 1. The molecule has 0 aliphatic rings. The standard InChI is InChI=1S/C19H22N4O6/c1-19(2,3)29-18(25)21-15(11-13-7-5-4-6-8-13)17(24)22-20-12-14-9-10-16(28-14)23(26)27/h4-10,12,15H,11H2,1-3H3,(H,21,25)(H,22,24)/b20-12+/t15-/m0/s1. The highest BCUT2D eigenvalue weighted by molar-refractivity contribution is 5.87. The molecule has 0 spiro atoms. The Kier molecular flexibility index (Phi) is 7.07. The summed E-state index contributed by atoms with van der Waals surface area (Å²) in [5, 5.41) is 16.9. The van der Waals surface area contributed by atoms with E-state index in [0.717, 1.165) is 11.8 Å². The number of rotatable bonds is 7. The van der Waals surface area contributed by atoms with E-state index in [-0.39, 0.29) is 12.2 Å². The van der Waals surface area contributed by atoms with E-state index in [1.54, 1.807) is 20.8 Å². The maximum Gasteiger partial charge on any atom is 0.433 e. The molecule has 154 valence electrons. The number of hydrazone groups is 1. The van der Waals surface area contributed by atoms with Crippen molar-refractivity contribution in [3.05, 3.63) is 63.9 Å². The molecular weight excluding hydrogens is 380 g/mol. The van der Waals surface area contributed by atoms with Crippen LogP contribution in [0.4, 0.5) is 10.7 Å². The van der Waals surface area contributed by atoms with Gasteiger partial charge in [-0.05, 0) is 32.4 Å². The maximum absolute atomic E-state index is 12.5. The average Bonchev–Trinajstić information content (AvgIpc) is 3.09. The van der Waals surface area contributed by atoms with Crippen LogP contribution < -0.4 is 10.7 Å². The molecule has 0 radical (unpaired) electrons. The molecule has 1 atom stereocenters. The SMILES string of the molecule is CC(C)(C)OC(=O)N[C@@H](Cc1ccccc1)C(=O)N/N=C/c1ccc([N+](=O)[O-])o1. The number of hydrogen-bond donors (Lipinski definition) is 2. The van der Waals surface area contributed by atoms with Crippen molar-refractivity contribution in [1.29, 1.82) is 0 Å². The summed E-state index contributed by atoms with van der Waals surface area (Å²) in [5.41, 5.74) is 2.40. The van der Waals surface area contributed by atoms with Crippen LogP contribution in [-0.2, 0) is 16.0 Å². The summed E-state index contributed by atoms with van der Waals surface area (Å²) in [4.78, 5) is 34.5. The minimum Gasteiger partial charge on any atom is -0.444 e. The fourth-order valence-electron chi connectivity index (χ4n) is 2.26. The second-order valence-corrected chi connectivity index (χ2v) is 7.06. The lowest BCUT2D eigenvalue weighted by molar-refractivity contribution is -0.402. The first-order valence-electron chi connectivity index (χ1n) is 8.74. The van der Waals surface area contributed by atoms with Crippen LogP contribution in [0.3, 0.4) is 0 Å². The van der Waals surface area contributed by atoms with Gasteiger partial charge in [0.15, 0.2) is 5.76 Å². The van der Waals surface area contributed by atoms with Gasteiger partial charge in [0, 0.05) is 6.42 Å². The second-order valence-electron chi connectivity index (χ2n) is 7.06. The van der Waals surface area contributed by atoms with Crippen molar-refractivity contribution in [2.45, 2.75) is 38.8 Å². The third kappa shape index (κ3) is 7.45. The number of furan rings is 1. The highest BCUT2D eigenvalue weighted by atomic mass is 16.6. The number of amides is 2. The summed E-state index contributed by atoms with van der Waals surface area (Å²) in [5.74, 6) is -0.931. The van der Waals surface area contributed by atoms with Crippen LogP contribution in [0.2, 0.25) is 0 Å². The number of nitro groups is 1. The third-order valence-electron chi connectivity index (χ3n) is 3.45. The van der Waals surface area contributed by atoms with Crippen molar-refractivity contribution in [1.82, 2.24) is 10.7 Å². The molecule has 10 nitrogen and oxygen atoms in total. The third-order valence-corrected chi connectivity index (χ3v) is 3.45. The summed E-state index contributed by atoms with van der Waals surface area (Å²) < 4.78 is 10.1. The lowest BCUT2D eigenvalue weighted by Crippen LogP contribution is -2.48. The zero-order chi connectivity index (χ0) is 21.4. The van der Waals surface area contributed by atoms with Gasteiger partial charge in [0.25, 0.3) is 5.91 Å². The molecular formula is C19H22N4O6. The van der Waals surface area contributed by atoms with Crippen molar-refractivity contribution in [2.24, 2.45) is 5.10 Å². The van der Waals surface area contributed by atoms with Crippen molar-refractivity contribution >= 4 is 24.1 Å². The summed E-state index contributed by atoms with van der Waals surface area (Å²) >= 11 is 0. The van der Waals surface area contributed by atoms with Gasteiger partial charge in [-0.15, -0.1) is 0 Å². The molecule has 0 aliphatic heterocycles. The molecule has 29 heavy (non-hydrogen) atoms. The van der Waals surface area contributed by atoms with E-state index in [1.807, 2.05) is 30.3 Å². The fraction of sp³-hybridized carbons (Fsp3) is 0.316. The van der Waals surface area contributed by atoms with E-state index >= 15 is 0 Å². The van der Waals surface area contributed by atoms with Crippen LogP contribution in [0.25, 0.3) is 0 Å². The first-order chi connectivity index (χ1) is 13.6. The Labute approximate surface area is 167 Å². The highest BCUT2D eigenvalue weighted by Crippen LogP contribution is 2.13. The van der Waals surface area contributed by atoms with Gasteiger partial charge in [-0.1, -0.05) is 30.3 Å². The largest absolute Gasteiger partial charge is 0.444 e. The van der Waals surface area contributed by atoms with Crippen molar-refractivity contribution in [2.75, 3.05) is 0 Å². The first-order valence-corrected chi connectivity index (χ1v) is 8.74. The Hall–Kier alpha value is -3.69. The lowest BCUT2D eigenvalue weighted by Gasteiger charge is -2.23. The Balaban J connectivity index is 2.05. The Morgan fingerprint density at radius 3 is 2.52 bits per heavy atom. The van der Waals surface area contributed by atoms with Gasteiger partial charge in [0.1, 0.15) is 16.6 Å². The number of nitrogens with zero attached hydrogens (tertiary/aromatic N) is 2. The first kappa shape index (κ1) is 21.6. The van der Waals surface area contributed by atoms with E-state index in [1.165, 1.54) is 12.1 Å². The molecule has 0 saturated heterocycles. The number of nitrogens with one attached hydrogen (secondary N) is 2. The molecule has 10 heteroatoms. The van der Waals surface area contributed by atoms with Crippen LogP contribution in [0.5, 0.6) is 0 Å². The quantitative estimate of drug-likeness (QED) is 0.415. The van der Waals surface area contributed by atoms with Gasteiger partial charge in [-0.2, -0.15) is 5.10 Å². The monoisotopic (exact) mass is 402 g/mol. The Morgan fingerprint density at radius 2 is 1.93 bits per heavy atom. The van der Waals surface area contributed by atoms with Gasteiger partial charge < -0.3 is 14.5 Å². The number of alkyl carbamates (subject to hydrolysis) is 1. The molecule has 1 aromatic carbocycles. The molecule has 1 heterocycles. The van der Waals surface area contributed by atoms with Gasteiger partial charge in [0.05, 0.1) is 12.3 Å². The predicted molar refractivity (Wildman–Crippen MR) is 104 cm³/mol.